The van der Waals surface area contributed by atoms with Crippen LogP contribution in [-0.4, -0.2) is 12.0 Å². The number of benzene rings is 1. The van der Waals surface area contributed by atoms with Gasteiger partial charge < -0.3 is 10.6 Å². The van der Waals surface area contributed by atoms with Crippen molar-refractivity contribution >= 4 is 28.0 Å². The molecule has 0 aliphatic heterocycles. The maximum atomic E-state index is 8.81. The van der Waals surface area contributed by atoms with Crippen LogP contribution in [0.3, 0.4) is 0 Å². The number of para-hydroxylation sites is 1. The number of aromatic nitrogens is 1. The molecule has 2 rings (SSSR count). The van der Waals surface area contributed by atoms with Crippen molar-refractivity contribution in [2.45, 2.75) is 0 Å². The summed E-state index contributed by atoms with van der Waals surface area (Å²) in [5.41, 5.74) is 6.63. The van der Waals surface area contributed by atoms with E-state index in [0.29, 0.717) is 10.7 Å². The lowest BCUT2D eigenvalue weighted by Gasteiger charge is -2.14. The molecule has 5 heteroatoms. The standard InChI is InChI=1S/C11H10N4S/c1-15(8-5-3-2-4-6-8)11-14-10(13)9(7-12)16-11/h2-6H,13H2,1H3. The van der Waals surface area contributed by atoms with Crippen molar-refractivity contribution < 1.29 is 0 Å². The van der Waals surface area contributed by atoms with Crippen LogP contribution in [0.4, 0.5) is 16.6 Å². The fraction of sp³-hybridized carbons (Fsp3) is 0.0909. The first-order valence-electron chi connectivity index (χ1n) is 4.67. The number of rotatable bonds is 2. The average Bonchev–Trinajstić information content (AvgIpc) is 2.71. The lowest BCUT2D eigenvalue weighted by atomic mass is 10.3. The van der Waals surface area contributed by atoms with Crippen LogP contribution in [0.2, 0.25) is 0 Å². The molecule has 1 heterocycles. The third-order valence-corrected chi connectivity index (χ3v) is 3.23. The van der Waals surface area contributed by atoms with Gasteiger partial charge in [-0.1, -0.05) is 29.5 Å². The van der Waals surface area contributed by atoms with Crippen molar-refractivity contribution in [2.75, 3.05) is 17.7 Å². The predicted molar refractivity (Wildman–Crippen MR) is 65.7 cm³/mol. The molecular weight excluding hydrogens is 220 g/mol. The molecule has 2 N–H and O–H groups in total. The van der Waals surface area contributed by atoms with E-state index < -0.39 is 0 Å². The summed E-state index contributed by atoms with van der Waals surface area (Å²) >= 11 is 1.29. The molecular formula is C11H10N4S. The Morgan fingerprint density at radius 3 is 2.62 bits per heavy atom. The zero-order valence-electron chi connectivity index (χ0n) is 8.71. The first-order valence-corrected chi connectivity index (χ1v) is 5.49. The van der Waals surface area contributed by atoms with Gasteiger partial charge in [-0.15, -0.1) is 0 Å². The molecule has 0 atom stereocenters. The molecule has 0 spiro atoms. The van der Waals surface area contributed by atoms with E-state index in [1.165, 1.54) is 11.3 Å². The van der Waals surface area contributed by atoms with E-state index in [1.807, 2.05) is 48.3 Å². The molecule has 0 amide bonds. The highest BCUT2D eigenvalue weighted by Crippen LogP contribution is 2.30. The van der Waals surface area contributed by atoms with Crippen molar-refractivity contribution in [1.82, 2.24) is 4.98 Å². The van der Waals surface area contributed by atoms with E-state index in [0.717, 1.165) is 10.8 Å². The fourth-order valence-electron chi connectivity index (χ4n) is 1.31. The normalized spacial score (nSPS) is 9.75. The van der Waals surface area contributed by atoms with Crippen LogP contribution < -0.4 is 10.6 Å². The van der Waals surface area contributed by atoms with Gasteiger partial charge in [0.05, 0.1) is 0 Å². The largest absolute Gasteiger partial charge is 0.382 e. The smallest absolute Gasteiger partial charge is 0.192 e. The van der Waals surface area contributed by atoms with E-state index in [9.17, 15) is 0 Å². The summed E-state index contributed by atoms with van der Waals surface area (Å²) in [4.78, 5) is 6.52. The zero-order valence-corrected chi connectivity index (χ0v) is 9.53. The third-order valence-electron chi connectivity index (χ3n) is 2.17. The molecule has 80 valence electrons. The number of hydrogen-bond donors (Lipinski definition) is 1. The van der Waals surface area contributed by atoms with E-state index >= 15 is 0 Å². The molecule has 0 bridgehead atoms. The molecule has 0 aliphatic carbocycles. The van der Waals surface area contributed by atoms with E-state index in [4.69, 9.17) is 11.0 Å². The molecule has 2 aromatic rings. The summed E-state index contributed by atoms with van der Waals surface area (Å²) < 4.78 is 0. The molecule has 1 aromatic carbocycles. The lowest BCUT2D eigenvalue weighted by Crippen LogP contribution is -2.08. The predicted octanol–water partition coefficient (Wildman–Crippen LogP) is 2.36. The van der Waals surface area contributed by atoms with Gasteiger partial charge in [0.1, 0.15) is 10.9 Å². The summed E-state index contributed by atoms with van der Waals surface area (Å²) in [6.45, 7) is 0. The van der Waals surface area contributed by atoms with Gasteiger partial charge in [-0.25, -0.2) is 4.98 Å². The van der Waals surface area contributed by atoms with Crippen LogP contribution in [0, 0.1) is 11.3 Å². The molecule has 0 radical (unpaired) electrons. The maximum Gasteiger partial charge on any atom is 0.192 e. The second-order valence-electron chi connectivity index (χ2n) is 3.22. The van der Waals surface area contributed by atoms with Gasteiger partial charge in [-0.2, -0.15) is 5.26 Å². The Morgan fingerprint density at radius 1 is 1.38 bits per heavy atom. The quantitative estimate of drug-likeness (QED) is 0.860. The highest BCUT2D eigenvalue weighted by molar-refractivity contribution is 7.16. The van der Waals surface area contributed by atoms with Crippen LogP contribution in [-0.2, 0) is 0 Å². The minimum Gasteiger partial charge on any atom is -0.382 e. The Kier molecular flexibility index (Phi) is 2.75. The van der Waals surface area contributed by atoms with Gasteiger partial charge in [-0.05, 0) is 12.1 Å². The van der Waals surface area contributed by atoms with Crippen molar-refractivity contribution in [3.8, 4) is 6.07 Å². The fourth-order valence-corrected chi connectivity index (χ4v) is 2.07. The van der Waals surface area contributed by atoms with Gasteiger partial charge in [0.15, 0.2) is 10.9 Å². The van der Waals surface area contributed by atoms with Crippen molar-refractivity contribution in [1.29, 1.82) is 5.26 Å². The number of anilines is 3. The number of nitrogen functional groups attached to an aromatic ring is 1. The molecule has 0 unspecified atom stereocenters. The van der Waals surface area contributed by atoms with Gasteiger partial charge in [0.2, 0.25) is 0 Å². The Bertz CT molecular complexity index is 527. The molecule has 0 saturated carbocycles. The topological polar surface area (TPSA) is 65.9 Å². The first-order chi connectivity index (χ1) is 7.72. The Balaban J connectivity index is 2.35. The van der Waals surface area contributed by atoms with Gasteiger partial charge >= 0.3 is 0 Å². The van der Waals surface area contributed by atoms with Crippen LogP contribution >= 0.6 is 11.3 Å². The minimum absolute atomic E-state index is 0.297. The van der Waals surface area contributed by atoms with E-state index in [2.05, 4.69) is 4.98 Å². The second kappa shape index (κ2) is 4.21. The van der Waals surface area contributed by atoms with E-state index in [-0.39, 0.29) is 0 Å². The summed E-state index contributed by atoms with van der Waals surface area (Å²) in [6, 6.07) is 11.8. The third kappa shape index (κ3) is 1.83. The summed E-state index contributed by atoms with van der Waals surface area (Å²) in [6.07, 6.45) is 0. The Labute approximate surface area is 97.6 Å². The molecule has 0 aliphatic rings. The summed E-state index contributed by atoms with van der Waals surface area (Å²) in [7, 11) is 1.90. The molecule has 0 fully saturated rings. The number of thiazole rings is 1. The number of nitrogens with zero attached hydrogens (tertiary/aromatic N) is 3. The lowest BCUT2D eigenvalue weighted by molar-refractivity contribution is 1.17. The van der Waals surface area contributed by atoms with Crippen LogP contribution in [0.25, 0.3) is 0 Å². The number of hydrogen-bond acceptors (Lipinski definition) is 5. The highest BCUT2D eigenvalue weighted by atomic mass is 32.1. The molecule has 0 saturated heterocycles. The number of nitrogens with two attached hydrogens (primary N) is 1. The summed E-state index contributed by atoms with van der Waals surface area (Å²) in [5, 5.41) is 9.53. The maximum absolute atomic E-state index is 8.81. The number of nitriles is 1. The van der Waals surface area contributed by atoms with Crippen LogP contribution in [0.1, 0.15) is 4.88 Å². The minimum atomic E-state index is 0.297. The monoisotopic (exact) mass is 230 g/mol. The van der Waals surface area contributed by atoms with Crippen molar-refractivity contribution in [3.63, 3.8) is 0 Å². The zero-order chi connectivity index (χ0) is 11.5. The Hall–Kier alpha value is -2.06. The summed E-state index contributed by atoms with van der Waals surface area (Å²) in [5.74, 6) is 0.297. The molecule has 16 heavy (non-hydrogen) atoms. The van der Waals surface area contributed by atoms with Crippen LogP contribution in [0.5, 0.6) is 0 Å². The highest BCUT2D eigenvalue weighted by Gasteiger charge is 2.12. The van der Waals surface area contributed by atoms with E-state index in [1.54, 1.807) is 0 Å². The average molecular weight is 230 g/mol. The first kappa shape index (κ1) is 10.5. The molecule has 4 nitrogen and oxygen atoms in total. The van der Waals surface area contributed by atoms with Crippen molar-refractivity contribution in [2.24, 2.45) is 0 Å². The van der Waals surface area contributed by atoms with Crippen LogP contribution in [0.15, 0.2) is 30.3 Å². The SMILES string of the molecule is CN(c1ccccc1)c1nc(N)c(C#N)s1. The van der Waals surface area contributed by atoms with Crippen molar-refractivity contribution in [3.05, 3.63) is 35.2 Å². The van der Waals surface area contributed by atoms with Gasteiger partial charge in [-0.3, -0.25) is 0 Å². The van der Waals surface area contributed by atoms with Gasteiger partial charge in [0, 0.05) is 12.7 Å². The van der Waals surface area contributed by atoms with Gasteiger partial charge in [0.25, 0.3) is 0 Å². The Morgan fingerprint density at radius 2 is 2.06 bits per heavy atom. The molecule has 1 aromatic heterocycles. The second-order valence-corrected chi connectivity index (χ2v) is 4.19.